The maximum absolute atomic E-state index is 10.8. The molecule has 0 saturated carbocycles. The predicted octanol–water partition coefficient (Wildman–Crippen LogP) is 0.308. The summed E-state index contributed by atoms with van der Waals surface area (Å²) in [6.45, 7) is 4.85. The van der Waals surface area contributed by atoms with Gasteiger partial charge in [-0.2, -0.15) is 0 Å². The summed E-state index contributed by atoms with van der Waals surface area (Å²) in [5.74, 6) is -1.08. The number of nitrogens with one attached hydrogen (secondary N) is 1. The second kappa shape index (κ2) is 9.46. The molecule has 2 atom stereocenters. The molecule has 2 unspecified atom stereocenters. The van der Waals surface area contributed by atoms with Crippen molar-refractivity contribution in [1.82, 2.24) is 10.2 Å². The molecule has 0 aliphatic carbocycles. The fourth-order valence-electron chi connectivity index (χ4n) is 2.18. The average molecular weight is 296 g/mol. The second-order valence-electron chi connectivity index (χ2n) is 4.99. The number of carbonyl (C=O) groups is 1. The number of aliphatic hydroxyl groups excluding tert-OH is 2. The standard InChI is InChI=1S/C15H24N2O4/c1-2-3-4-5-6-13(18)16-11-14(19)17-9-7-12(8-10-17)15(20)21/h2-6,12-14,16,18-19H,1,7-11H2,(H,20,21)/b4-3-,6-5+. The summed E-state index contributed by atoms with van der Waals surface area (Å²) in [4.78, 5) is 12.7. The minimum Gasteiger partial charge on any atom is -0.481 e. The van der Waals surface area contributed by atoms with Crippen molar-refractivity contribution in [2.45, 2.75) is 25.3 Å². The summed E-state index contributed by atoms with van der Waals surface area (Å²) in [6.07, 6.45) is 7.87. The SMILES string of the molecule is C=C/C=C\C=C\C(O)NCC(O)N1CCC(C(=O)O)CC1. The summed E-state index contributed by atoms with van der Waals surface area (Å²) in [6, 6.07) is 0. The molecule has 6 nitrogen and oxygen atoms in total. The first-order valence-electron chi connectivity index (χ1n) is 7.07. The lowest BCUT2D eigenvalue weighted by Gasteiger charge is -2.33. The Morgan fingerprint density at radius 3 is 2.52 bits per heavy atom. The van der Waals surface area contributed by atoms with E-state index in [0.717, 1.165) is 0 Å². The summed E-state index contributed by atoms with van der Waals surface area (Å²) >= 11 is 0. The molecular weight excluding hydrogens is 272 g/mol. The van der Waals surface area contributed by atoms with E-state index in [4.69, 9.17) is 5.11 Å². The normalized spacial score (nSPS) is 20.9. The van der Waals surface area contributed by atoms with Gasteiger partial charge in [-0.3, -0.25) is 15.0 Å². The van der Waals surface area contributed by atoms with E-state index in [0.29, 0.717) is 25.9 Å². The van der Waals surface area contributed by atoms with Gasteiger partial charge in [-0.05, 0) is 18.9 Å². The zero-order valence-corrected chi connectivity index (χ0v) is 12.1. The molecule has 4 N–H and O–H groups in total. The quantitative estimate of drug-likeness (QED) is 0.380. The second-order valence-corrected chi connectivity index (χ2v) is 4.99. The number of rotatable bonds is 8. The number of carboxylic acid groups (broad SMARTS) is 1. The zero-order valence-electron chi connectivity index (χ0n) is 12.1. The van der Waals surface area contributed by atoms with Crippen molar-refractivity contribution in [3.63, 3.8) is 0 Å². The van der Waals surface area contributed by atoms with Crippen molar-refractivity contribution in [2.24, 2.45) is 5.92 Å². The van der Waals surface area contributed by atoms with Gasteiger partial charge in [-0.15, -0.1) is 0 Å². The van der Waals surface area contributed by atoms with E-state index in [1.54, 1.807) is 30.4 Å². The van der Waals surface area contributed by atoms with Crippen LogP contribution in [0.1, 0.15) is 12.8 Å². The van der Waals surface area contributed by atoms with Gasteiger partial charge in [0.25, 0.3) is 0 Å². The van der Waals surface area contributed by atoms with Crippen molar-refractivity contribution in [3.05, 3.63) is 37.0 Å². The molecule has 1 heterocycles. The van der Waals surface area contributed by atoms with Crippen molar-refractivity contribution in [2.75, 3.05) is 19.6 Å². The van der Waals surface area contributed by atoms with E-state index in [9.17, 15) is 15.0 Å². The van der Waals surface area contributed by atoms with Crippen LogP contribution in [0.25, 0.3) is 0 Å². The molecule has 6 heteroatoms. The van der Waals surface area contributed by atoms with Gasteiger partial charge in [0.05, 0.1) is 5.92 Å². The molecule has 0 radical (unpaired) electrons. The molecule has 0 bridgehead atoms. The van der Waals surface area contributed by atoms with Gasteiger partial charge < -0.3 is 15.3 Å². The fourth-order valence-corrected chi connectivity index (χ4v) is 2.18. The van der Waals surface area contributed by atoms with Crippen LogP contribution in [0.2, 0.25) is 0 Å². The highest BCUT2D eigenvalue weighted by atomic mass is 16.4. The molecule has 1 aliphatic heterocycles. The Bertz CT molecular complexity index is 387. The highest BCUT2D eigenvalue weighted by molar-refractivity contribution is 5.70. The van der Waals surface area contributed by atoms with Gasteiger partial charge in [0.2, 0.25) is 0 Å². The topological polar surface area (TPSA) is 93.0 Å². The maximum Gasteiger partial charge on any atom is 0.306 e. The summed E-state index contributed by atoms with van der Waals surface area (Å²) in [5, 5.41) is 31.4. The van der Waals surface area contributed by atoms with Crippen molar-refractivity contribution in [3.8, 4) is 0 Å². The van der Waals surface area contributed by atoms with E-state index in [1.807, 2.05) is 4.90 Å². The molecular formula is C15H24N2O4. The van der Waals surface area contributed by atoms with E-state index >= 15 is 0 Å². The Hall–Kier alpha value is -1.47. The fraction of sp³-hybridized carbons (Fsp3) is 0.533. The minimum absolute atomic E-state index is 0.217. The highest BCUT2D eigenvalue weighted by Gasteiger charge is 2.27. The Balaban J connectivity index is 2.26. The lowest BCUT2D eigenvalue weighted by atomic mass is 9.97. The van der Waals surface area contributed by atoms with E-state index in [2.05, 4.69) is 11.9 Å². The van der Waals surface area contributed by atoms with Crippen LogP contribution in [0.3, 0.4) is 0 Å². The third-order valence-corrected chi connectivity index (χ3v) is 3.46. The number of likely N-dealkylation sites (tertiary alicyclic amines) is 1. The van der Waals surface area contributed by atoms with Crippen LogP contribution < -0.4 is 5.32 Å². The van der Waals surface area contributed by atoms with Gasteiger partial charge in [-0.25, -0.2) is 0 Å². The lowest BCUT2D eigenvalue weighted by molar-refractivity contribution is -0.144. The molecule has 0 aromatic rings. The molecule has 0 aromatic heterocycles. The molecule has 118 valence electrons. The van der Waals surface area contributed by atoms with Crippen LogP contribution >= 0.6 is 0 Å². The predicted molar refractivity (Wildman–Crippen MR) is 80.4 cm³/mol. The van der Waals surface area contributed by atoms with Crippen LogP contribution in [0.5, 0.6) is 0 Å². The molecule has 21 heavy (non-hydrogen) atoms. The summed E-state index contributed by atoms with van der Waals surface area (Å²) in [5.41, 5.74) is 0. The van der Waals surface area contributed by atoms with Crippen LogP contribution in [-0.2, 0) is 4.79 Å². The van der Waals surface area contributed by atoms with E-state index in [1.165, 1.54) is 0 Å². The van der Waals surface area contributed by atoms with Gasteiger partial charge in [0, 0.05) is 19.6 Å². The van der Waals surface area contributed by atoms with Crippen LogP contribution in [0, 0.1) is 5.92 Å². The molecule has 0 amide bonds. The van der Waals surface area contributed by atoms with E-state index in [-0.39, 0.29) is 12.5 Å². The van der Waals surface area contributed by atoms with Crippen molar-refractivity contribution < 1.29 is 20.1 Å². The van der Waals surface area contributed by atoms with Gasteiger partial charge in [0.15, 0.2) is 0 Å². The first-order chi connectivity index (χ1) is 10.0. The number of aliphatic hydroxyl groups is 2. The largest absolute Gasteiger partial charge is 0.481 e. The van der Waals surface area contributed by atoms with Crippen molar-refractivity contribution >= 4 is 5.97 Å². The summed E-state index contributed by atoms with van der Waals surface area (Å²) in [7, 11) is 0. The zero-order chi connectivity index (χ0) is 15.7. The van der Waals surface area contributed by atoms with Crippen LogP contribution in [-0.4, -0.2) is 58.3 Å². The first kappa shape index (κ1) is 17.6. The molecule has 1 saturated heterocycles. The molecule has 0 spiro atoms. The first-order valence-corrected chi connectivity index (χ1v) is 7.07. The third kappa shape index (κ3) is 6.68. The Morgan fingerprint density at radius 2 is 1.95 bits per heavy atom. The number of hydrogen-bond acceptors (Lipinski definition) is 5. The lowest BCUT2D eigenvalue weighted by Crippen LogP contribution is -2.48. The van der Waals surface area contributed by atoms with Gasteiger partial charge in [-0.1, -0.05) is 30.9 Å². The molecule has 1 aliphatic rings. The maximum atomic E-state index is 10.8. The highest BCUT2D eigenvalue weighted by Crippen LogP contribution is 2.18. The Morgan fingerprint density at radius 1 is 1.29 bits per heavy atom. The number of allylic oxidation sites excluding steroid dienone is 4. The molecule has 0 aromatic carbocycles. The third-order valence-electron chi connectivity index (χ3n) is 3.46. The number of piperidine rings is 1. The minimum atomic E-state index is -0.842. The summed E-state index contributed by atoms with van der Waals surface area (Å²) < 4.78 is 0. The van der Waals surface area contributed by atoms with Gasteiger partial charge >= 0.3 is 5.97 Å². The van der Waals surface area contributed by atoms with Crippen LogP contribution in [0.15, 0.2) is 37.0 Å². The van der Waals surface area contributed by atoms with Crippen molar-refractivity contribution in [1.29, 1.82) is 0 Å². The van der Waals surface area contributed by atoms with Gasteiger partial charge in [0.1, 0.15) is 12.5 Å². The monoisotopic (exact) mass is 296 g/mol. The Kier molecular flexibility index (Phi) is 7.92. The number of carboxylic acids is 1. The number of aliphatic carboxylic acids is 1. The van der Waals surface area contributed by atoms with E-state index < -0.39 is 18.4 Å². The average Bonchev–Trinajstić information content (AvgIpc) is 2.49. The molecule has 1 rings (SSSR count). The Labute approximate surface area is 125 Å². The molecule has 1 fully saturated rings. The smallest absolute Gasteiger partial charge is 0.306 e. The number of hydrogen-bond donors (Lipinski definition) is 4. The number of nitrogens with zero attached hydrogens (tertiary/aromatic N) is 1. The van der Waals surface area contributed by atoms with Crippen LogP contribution in [0.4, 0.5) is 0 Å².